The third-order valence-electron chi connectivity index (χ3n) is 3.43. The van der Waals surface area contributed by atoms with Crippen LogP contribution >= 0.6 is 11.3 Å². The van der Waals surface area contributed by atoms with E-state index >= 15 is 0 Å². The summed E-state index contributed by atoms with van der Waals surface area (Å²) in [6.45, 7) is 2.28. The van der Waals surface area contributed by atoms with Crippen molar-refractivity contribution in [2.24, 2.45) is 5.73 Å². The van der Waals surface area contributed by atoms with Gasteiger partial charge in [0.05, 0.1) is 12.1 Å². The first-order valence-corrected chi connectivity index (χ1v) is 8.39. The van der Waals surface area contributed by atoms with E-state index in [0.29, 0.717) is 41.6 Å². The van der Waals surface area contributed by atoms with Crippen molar-refractivity contribution in [1.82, 2.24) is 25.2 Å². The van der Waals surface area contributed by atoms with Gasteiger partial charge in [-0.3, -0.25) is 4.79 Å². The Morgan fingerprint density at radius 3 is 2.96 bits per heavy atom. The van der Waals surface area contributed by atoms with E-state index in [1.807, 2.05) is 0 Å². The van der Waals surface area contributed by atoms with E-state index in [1.165, 1.54) is 16.0 Å². The number of benzene rings is 1. The molecule has 25 heavy (non-hydrogen) atoms. The molecule has 2 aromatic heterocycles. The molecule has 0 bridgehead atoms. The molecule has 3 N–H and O–H groups in total. The number of hydrogen-bond acceptors (Lipinski definition) is 8. The van der Waals surface area contributed by atoms with Crippen LogP contribution < -0.4 is 15.8 Å². The minimum absolute atomic E-state index is 0.288. The number of nitrogens with zero attached hydrogens (tertiary/aromatic N) is 5. The first-order valence-electron chi connectivity index (χ1n) is 7.51. The average molecular weight is 359 g/mol. The van der Waals surface area contributed by atoms with Crippen molar-refractivity contribution in [3.05, 3.63) is 40.1 Å². The number of carbonyl (C=O) groups excluding carboxylic acids is 1. The molecule has 0 aliphatic carbocycles. The predicted octanol–water partition coefficient (Wildman–Crippen LogP) is 1.19. The van der Waals surface area contributed by atoms with E-state index < -0.39 is 0 Å². The number of rotatable bonds is 6. The fourth-order valence-electron chi connectivity index (χ4n) is 2.24. The highest BCUT2D eigenvalue weighted by molar-refractivity contribution is 7.09. The molecule has 2 heterocycles. The molecule has 0 atom stereocenters. The van der Waals surface area contributed by atoms with Gasteiger partial charge in [0.2, 0.25) is 0 Å². The van der Waals surface area contributed by atoms with Crippen molar-refractivity contribution in [3.63, 3.8) is 0 Å². The van der Waals surface area contributed by atoms with Crippen LogP contribution in [0.1, 0.15) is 21.3 Å². The molecule has 0 fully saturated rings. The maximum absolute atomic E-state index is 12.4. The molecule has 0 saturated heterocycles. The fraction of sp³-hybridized carbons (Fsp3) is 0.267. The molecule has 0 saturated carbocycles. The Bertz CT molecular complexity index is 890. The molecule has 1 aromatic carbocycles. The summed E-state index contributed by atoms with van der Waals surface area (Å²) in [5.74, 6) is 0.907. The van der Waals surface area contributed by atoms with Crippen LogP contribution in [0.3, 0.4) is 0 Å². The number of nitrogens with one attached hydrogen (secondary N) is 1. The lowest BCUT2D eigenvalue weighted by molar-refractivity contribution is 0.102. The minimum Gasteiger partial charge on any atom is -0.494 e. The normalized spacial score (nSPS) is 10.7. The van der Waals surface area contributed by atoms with Crippen LogP contribution in [0.2, 0.25) is 0 Å². The molecular formula is C15H17N7O2S. The quantitative estimate of drug-likeness (QED) is 0.678. The summed E-state index contributed by atoms with van der Waals surface area (Å²) >= 11 is 1.42. The van der Waals surface area contributed by atoms with E-state index in [9.17, 15) is 4.79 Å². The number of aryl methyl sites for hydroxylation is 1. The number of carbonyl (C=O) groups is 1. The molecule has 1 amide bonds. The molecule has 0 radical (unpaired) electrons. The number of anilines is 1. The molecule has 0 aliphatic rings. The Kier molecular flexibility index (Phi) is 5.00. The molecule has 9 nitrogen and oxygen atoms in total. The van der Waals surface area contributed by atoms with Crippen molar-refractivity contribution < 1.29 is 9.53 Å². The molecule has 3 rings (SSSR count). The van der Waals surface area contributed by atoms with E-state index in [0.717, 1.165) is 5.01 Å². The van der Waals surface area contributed by atoms with Crippen LogP contribution in [0.5, 0.6) is 5.75 Å². The Morgan fingerprint density at radius 1 is 1.44 bits per heavy atom. The van der Waals surface area contributed by atoms with E-state index in [4.69, 9.17) is 10.5 Å². The van der Waals surface area contributed by atoms with Crippen LogP contribution in [0.25, 0.3) is 5.69 Å². The van der Waals surface area contributed by atoms with Crippen LogP contribution in [0.15, 0.2) is 23.6 Å². The number of hydrogen-bond donors (Lipinski definition) is 2. The second kappa shape index (κ2) is 7.36. The number of ether oxygens (including phenoxy) is 1. The summed E-state index contributed by atoms with van der Waals surface area (Å²) in [6, 6.07) is 5.23. The van der Waals surface area contributed by atoms with Gasteiger partial charge in [0, 0.05) is 17.5 Å². The number of aromatic nitrogens is 5. The zero-order chi connectivity index (χ0) is 17.8. The number of tetrazole rings is 1. The highest BCUT2D eigenvalue weighted by Crippen LogP contribution is 2.26. The number of methoxy groups -OCH3 is 1. The smallest absolute Gasteiger partial charge is 0.275 e. The zero-order valence-electron chi connectivity index (χ0n) is 13.8. The van der Waals surface area contributed by atoms with Gasteiger partial charge in [0.25, 0.3) is 5.91 Å². The minimum atomic E-state index is -0.288. The largest absolute Gasteiger partial charge is 0.494 e. The molecule has 10 heteroatoms. The Balaban J connectivity index is 1.85. The second-order valence-corrected chi connectivity index (χ2v) is 6.09. The molecule has 0 spiro atoms. The first-order chi connectivity index (χ1) is 12.1. The topological polar surface area (TPSA) is 121 Å². The van der Waals surface area contributed by atoms with Gasteiger partial charge in [-0.15, -0.1) is 16.4 Å². The van der Waals surface area contributed by atoms with Gasteiger partial charge in [-0.25, -0.2) is 4.98 Å². The van der Waals surface area contributed by atoms with Crippen LogP contribution in [-0.2, 0) is 6.42 Å². The second-order valence-electron chi connectivity index (χ2n) is 5.14. The van der Waals surface area contributed by atoms with Crippen molar-refractivity contribution in [2.75, 3.05) is 19.0 Å². The van der Waals surface area contributed by atoms with Gasteiger partial charge in [0.1, 0.15) is 17.1 Å². The highest BCUT2D eigenvalue weighted by Gasteiger charge is 2.14. The summed E-state index contributed by atoms with van der Waals surface area (Å²) < 4.78 is 6.89. The highest BCUT2D eigenvalue weighted by atomic mass is 32.1. The van der Waals surface area contributed by atoms with E-state index in [1.54, 1.807) is 37.6 Å². The summed E-state index contributed by atoms with van der Waals surface area (Å²) in [5.41, 5.74) is 7.09. The average Bonchev–Trinajstić information content (AvgIpc) is 3.24. The van der Waals surface area contributed by atoms with Gasteiger partial charge in [-0.05, 0) is 42.1 Å². The van der Waals surface area contributed by atoms with Crippen LogP contribution in [0.4, 0.5) is 5.69 Å². The number of nitrogens with two attached hydrogens (primary N) is 1. The Hall–Kier alpha value is -2.85. The van der Waals surface area contributed by atoms with Gasteiger partial charge in [-0.2, -0.15) is 4.68 Å². The first kappa shape index (κ1) is 17.0. The van der Waals surface area contributed by atoms with Crippen molar-refractivity contribution in [2.45, 2.75) is 13.3 Å². The maximum atomic E-state index is 12.4. The van der Waals surface area contributed by atoms with Crippen molar-refractivity contribution in [3.8, 4) is 11.4 Å². The van der Waals surface area contributed by atoms with Crippen LogP contribution in [-0.4, -0.2) is 44.8 Å². The lowest BCUT2D eigenvalue weighted by Gasteiger charge is -2.11. The number of amides is 1. The molecule has 3 aromatic rings. The maximum Gasteiger partial charge on any atom is 0.275 e. The standard InChI is InChI=1S/C15H17N7O2S/c1-9-19-20-21-22(9)12-7-10(3-4-13(12)24-2)17-15(23)11-8-25-14(18-11)5-6-16/h3-4,7-8H,5-6,16H2,1-2H3,(H,17,23). The lowest BCUT2D eigenvalue weighted by atomic mass is 10.2. The van der Waals surface area contributed by atoms with Crippen LogP contribution in [0, 0.1) is 6.92 Å². The van der Waals surface area contributed by atoms with Gasteiger partial charge in [-0.1, -0.05) is 0 Å². The van der Waals surface area contributed by atoms with Gasteiger partial charge in [0.15, 0.2) is 5.82 Å². The summed E-state index contributed by atoms with van der Waals surface area (Å²) in [6.07, 6.45) is 0.656. The third kappa shape index (κ3) is 3.64. The van der Waals surface area contributed by atoms with Crippen molar-refractivity contribution in [1.29, 1.82) is 0 Å². The number of thiazole rings is 1. The van der Waals surface area contributed by atoms with Crippen molar-refractivity contribution >= 4 is 22.9 Å². The SMILES string of the molecule is COc1ccc(NC(=O)c2csc(CCN)n2)cc1-n1nnnc1C. The monoisotopic (exact) mass is 359 g/mol. The molecular weight excluding hydrogens is 342 g/mol. The van der Waals surface area contributed by atoms with Gasteiger partial charge < -0.3 is 15.8 Å². The van der Waals surface area contributed by atoms with E-state index in [-0.39, 0.29) is 5.91 Å². The molecule has 130 valence electrons. The third-order valence-corrected chi connectivity index (χ3v) is 4.34. The molecule has 0 unspecified atom stereocenters. The summed E-state index contributed by atoms with van der Waals surface area (Å²) in [4.78, 5) is 16.7. The summed E-state index contributed by atoms with van der Waals surface area (Å²) in [5, 5.41) is 16.8. The Labute approximate surface area is 147 Å². The lowest BCUT2D eigenvalue weighted by Crippen LogP contribution is -2.13. The van der Waals surface area contributed by atoms with Gasteiger partial charge >= 0.3 is 0 Å². The van der Waals surface area contributed by atoms with E-state index in [2.05, 4.69) is 25.8 Å². The molecule has 0 aliphatic heterocycles. The predicted molar refractivity (Wildman–Crippen MR) is 93.3 cm³/mol. The Morgan fingerprint density at radius 2 is 2.28 bits per heavy atom. The fourth-order valence-corrected chi connectivity index (χ4v) is 3.03. The summed E-state index contributed by atoms with van der Waals surface area (Å²) in [7, 11) is 1.56. The zero-order valence-corrected chi connectivity index (χ0v) is 14.6.